The molecule has 1 saturated heterocycles. The number of rotatable bonds is 0. The molecule has 3 fully saturated rings. The second kappa shape index (κ2) is 2.96. The lowest BCUT2D eigenvalue weighted by molar-refractivity contribution is -0.181. The van der Waals surface area contributed by atoms with E-state index in [1.807, 2.05) is 0 Å². The van der Waals surface area contributed by atoms with E-state index in [1.165, 1.54) is 19.3 Å². The van der Waals surface area contributed by atoms with Crippen LogP contribution in [-0.2, 0) is 9.47 Å². The van der Waals surface area contributed by atoms with Gasteiger partial charge in [-0.2, -0.15) is 0 Å². The van der Waals surface area contributed by atoms with Gasteiger partial charge in [-0.3, -0.25) is 0 Å². The molecular weight excluding hydrogens is 176 g/mol. The number of hydrogen-bond acceptors (Lipinski definition) is 2. The highest BCUT2D eigenvalue weighted by molar-refractivity contribution is 4.98. The largest absolute Gasteiger partial charge is 0.344 e. The van der Waals surface area contributed by atoms with Crippen molar-refractivity contribution in [3.63, 3.8) is 0 Å². The highest BCUT2D eigenvalue weighted by Crippen LogP contribution is 2.49. The molecule has 4 unspecified atom stereocenters. The van der Waals surface area contributed by atoms with Crippen LogP contribution in [-0.4, -0.2) is 18.0 Å². The summed E-state index contributed by atoms with van der Waals surface area (Å²) in [5.41, 5.74) is 0. The molecule has 0 N–H and O–H groups in total. The molecule has 14 heavy (non-hydrogen) atoms. The first-order valence-corrected chi connectivity index (χ1v) is 6.06. The molecule has 0 radical (unpaired) electrons. The normalized spacial score (nSPS) is 50.1. The summed E-state index contributed by atoms with van der Waals surface area (Å²) < 4.78 is 12.4. The van der Waals surface area contributed by atoms with Gasteiger partial charge in [-0.15, -0.1) is 0 Å². The zero-order valence-electron chi connectivity index (χ0n) is 9.16. The van der Waals surface area contributed by atoms with Crippen LogP contribution < -0.4 is 0 Å². The molecule has 1 spiro atoms. The van der Waals surface area contributed by atoms with E-state index in [2.05, 4.69) is 13.8 Å². The van der Waals surface area contributed by atoms with E-state index in [0.29, 0.717) is 24.0 Å². The van der Waals surface area contributed by atoms with Crippen molar-refractivity contribution < 1.29 is 9.47 Å². The van der Waals surface area contributed by atoms with Crippen LogP contribution >= 0.6 is 0 Å². The summed E-state index contributed by atoms with van der Waals surface area (Å²) in [6.45, 7) is 4.61. The molecular formula is C12H20O2. The fourth-order valence-corrected chi connectivity index (χ4v) is 3.54. The minimum Gasteiger partial charge on any atom is -0.344 e. The predicted octanol–water partition coefficient (Wildman–Crippen LogP) is 2.72. The molecule has 3 rings (SSSR count). The van der Waals surface area contributed by atoms with E-state index < -0.39 is 0 Å². The van der Waals surface area contributed by atoms with Gasteiger partial charge in [-0.25, -0.2) is 0 Å². The third-order valence-electron chi connectivity index (χ3n) is 4.26. The van der Waals surface area contributed by atoms with Crippen molar-refractivity contribution in [3.8, 4) is 0 Å². The Kier molecular flexibility index (Phi) is 1.94. The molecule has 3 aliphatic rings. The van der Waals surface area contributed by atoms with Crippen LogP contribution in [0.5, 0.6) is 0 Å². The van der Waals surface area contributed by atoms with Crippen LogP contribution in [0.4, 0.5) is 0 Å². The summed E-state index contributed by atoms with van der Waals surface area (Å²) >= 11 is 0. The average molecular weight is 196 g/mol. The molecule has 4 atom stereocenters. The molecule has 0 amide bonds. The van der Waals surface area contributed by atoms with Crippen molar-refractivity contribution in [2.75, 3.05) is 0 Å². The fraction of sp³-hybridized carbons (Fsp3) is 1.00. The van der Waals surface area contributed by atoms with Crippen molar-refractivity contribution >= 4 is 0 Å². The van der Waals surface area contributed by atoms with Crippen molar-refractivity contribution in [3.05, 3.63) is 0 Å². The van der Waals surface area contributed by atoms with E-state index in [-0.39, 0.29) is 5.79 Å². The van der Waals surface area contributed by atoms with Gasteiger partial charge in [0.15, 0.2) is 5.79 Å². The van der Waals surface area contributed by atoms with Gasteiger partial charge in [0, 0.05) is 12.8 Å². The first-order valence-electron chi connectivity index (χ1n) is 6.06. The number of ether oxygens (including phenoxy) is 2. The molecule has 2 saturated carbocycles. The zero-order valence-corrected chi connectivity index (χ0v) is 9.16. The van der Waals surface area contributed by atoms with Gasteiger partial charge in [0.2, 0.25) is 0 Å². The van der Waals surface area contributed by atoms with E-state index >= 15 is 0 Å². The maximum Gasteiger partial charge on any atom is 0.169 e. The van der Waals surface area contributed by atoms with E-state index in [1.54, 1.807) is 0 Å². The Morgan fingerprint density at radius 2 is 1.43 bits per heavy atom. The van der Waals surface area contributed by atoms with Crippen LogP contribution in [0, 0.1) is 11.8 Å². The highest BCUT2D eigenvalue weighted by Gasteiger charge is 2.55. The summed E-state index contributed by atoms with van der Waals surface area (Å²) in [6, 6.07) is 0. The second-order valence-electron chi connectivity index (χ2n) is 5.47. The molecule has 0 bridgehead atoms. The lowest BCUT2D eigenvalue weighted by Crippen LogP contribution is -2.28. The first-order chi connectivity index (χ1) is 6.70. The third kappa shape index (κ3) is 1.17. The fourth-order valence-electron chi connectivity index (χ4n) is 3.54. The van der Waals surface area contributed by atoms with Crippen LogP contribution in [0.3, 0.4) is 0 Å². The Bertz CT molecular complexity index is 214. The molecule has 0 aromatic heterocycles. The average Bonchev–Trinajstić information content (AvgIpc) is 2.79. The van der Waals surface area contributed by atoms with Gasteiger partial charge in [-0.1, -0.05) is 13.8 Å². The van der Waals surface area contributed by atoms with Gasteiger partial charge < -0.3 is 9.47 Å². The first kappa shape index (κ1) is 9.17. The zero-order chi connectivity index (χ0) is 9.76. The van der Waals surface area contributed by atoms with Gasteiger partial charge in [0.05, 0.1) is 12.2 Å². The van der Waals surface area contributed by atoms with E-state index in [4.69, 9.17) is 9.47 Å². The number of hydrogen-bond donors (Lipinski definition) is 0. The van der Waals surface area contributed by atoms with Crippen LogP contribution in [0.1, 0.15) is 46.0 Å². The Morgan fingerprint density at radius 3 is 1.93 bits per heavy atom. The van der Waals surface area contributed by atoms with Crippen LogP contribution in [0.15, 0.2) is 0 Å². The molecule has 2 heteroatoms. The molecule has 0 aromatic carbocycles. The highest BCUT2D eigenvalue weighted by atomic mass is 16.8. The van der Waals surface area contributed by atoms with Crippen molar-refractivity contribution in [2.45, 2.75) is 63.9 Å². The molecule has 2 nitrogen and oxygen atoms in total. The van der Waals surface area contributed by atoms with E-state index in [0.717, 1.165) is 12.8 Å². The Balaban J connectivity index is 1.80. The summed E-state index contributed by atoms with van der Waals surface area (Å²) in [5, 5.41) is 0. The van der Waals surface area contributed by atoms with Crippen molar-refractivity contribution in [2.24, 2.45) is 11.8 Å². The van der Waals surface area contributed by atoms with Crippen LogP contribution in [0.2, 0.25) is 0 Å². The third-order valence-corrected chi connectivity index (χ3v) is 4.26. The minimum absolute atomic E-state index is 0.154. The Labute approximate surface area is 86.0 Å². The monoisotopic (exact) mass is 196 g/mol. The maximum absolute atomic E-state index is 6.19. The SMILES string of the molecule is CC1CC(C)C2OC3(CCCC3)OC12. The maximum atomic E-state index is 6.19. The minimum atomic E-state index is -0.154. The molecule has 2 aliphatic carbocycles. The smallest absolute Gasteiger partial charge is 0.169 e. The standard InChI is InChI=1S/C12H20O2/c1-8-7-9(2)11-10(8)13-12(14-11)5-3-4-6-12/h8-11H,3-7H2,1-2H3. The lowest BCUT2D eigenvalue weighted by atomic mass is 10.1. The molecule has 1 heterocycles. The summed E-state index contributed by atoms with van der Waals surface area (Å²) in [4.78, 5) is 0. The topological polar surface area (TPSA) is 18.5 Å². The van der Waals surface area contributed by atoms with Crippen LogP contribution in [0.25, 0.3) is 0 Å². The number of fused-ring (bicyclic) bond motifs is 1. The Hall–Kier alpha value is -0.0800. The molecule has 80 valence electrons. The predicted molar refractivity (Wildman–Crippen MR) is 53.9 cm³/mol. The van der Waals surface area contributed by atoms with Crippen molar-refractivity contribution in [1.82, 2.24) is 0 Å². The second-order valence-corrected chi connectivity index (χ2v) is 5.47. The van der Waals surface area contributed by atoms with Gasteiger partial charge in [0.1, 0.15) is 0 Å². The molecule has 1 aliphatic heterocycles. The van der Waals surface area contributed by atoms with Gasteiger partial charge >= 0.3 is 0 Å². The molecule has 0 aromatic rings. The summed E-state index contributed by atoms with van der Waals surface area (Å²) in [5.74, 6) is 1.23. The lowest BCUT2D eigenvalue weighted by Gasteiger charge is -2.25. The summed E-state index contributed by atoms with van der Waals surface area (Å²) in [7, 11) is 0. The van der Waals surface area contributed by atoms with Gasteiger partial charge in [-0.05, 0) is 31.1 Å². The summed E-state index contributed by atoms with van der Waals surface area (Å²) in [6.07, 6.45) is 6.86. The quantitative estimate of drug-likeness (QED) is 0.593. The Morgan fingerprint density at radius 1 is 0.929 bits per heavy atom. The van der Waals surface area contributed by atoms with Gasteiger partial charge in [0.25, 0.3) is 0 Å². The van der Waals surface area contributed by atoms with Crippen molar-refractivity contribution in [1.29, 1.82) is 0 Å². The van der Waals surface area contributed by atoms with E-state index in [9.17, 15) is 0 Å².